The first-order valence-electron chi connectivity index (χ1n) is 3.00. The van der Waals surface area contributed by atoms with Crippen molar-refractivity contribution in [3.05, 3.63) is 46.5 Å². The van der Waals surface area contributed by atoms with Crippen molar-refractivity contribution in [2.45, 2.75) is 0 Å². The molecule has 0 aliphatic heterocycles. The minimum absolute atomic E-state index is 0.616. The zero-order valence-electron chi connectivity index (χ0n) is 5.76. The SMILES string of the molecule is C=[C]c1cc(Br)cc(C#N)c1. The maximum atomic E-state index is 8.56. The zero-order valence-corrected chi connectivity index (χ0v) is 7.35. The van der Waals surface area contributed by atoms with E-state index in [1.54, 1.807) is 12.1 Å². The third-order valence-corrected chi connectivity index (χ3v) is 1.69. The van der Waals surface area contributed by atoms with E-state index in [9.17, 15) is 0 Å². The Morgan fingerprint density at radius 3 is 2.45 bits per heavy atom. The highest BCUT2D eigenvalue weighted by Gasteiger charge is 1.94. The van der Waals surface area contributed by atoms with E-state index in [0.29, 0.717) is 5.56 Å². The molecule has 0 saturated heterocycles. The van der Waals surface area contributed by atoms with E-state index in [4.69, 9.17) is 5.26 Å². The summed E-state index contributed by atoms with van der Waals surface area (Å²) in [6.07, 6.45) is 2.71. The Morgan fingerprint density at radius 2 is 1.91 bits per heavy atom. The highest BCUT2D eigenvalue weighted by Crippen LogP contribution is 2.14. The van der Waals surface area contributed by atoms with Gasteiger partial charge in [0.05, 0.1) is 11.6 Å². The number of hydrogen-bond acceptors (Lipinski definition) is 1. The second-order valence-corrected chi connectivity index (χ2v) is 2.93. The molecule has 0 atom stereocenters. The molecule has 2 heteroatoms. The Hall–Kier alpha value is -1.07. The monoisotopic (exact) mass is 206 g/mol. The maximum Gasteiger partial charge on any atom is 0.0992 e. The van der Waals surface area contributed by atoms with Crippen molar-refractivity contribution >= 4 is 15.9 Å². The Kier molecular flexibility index (Phi) is 2.45. The highest BCUT2D eigenvalue weighted by molar-refractivity contribution is 9.10. The molecule has 0 N–H and O–H groups in total. The molecule has 1 aromatic rings. The van der Waals surface area contributed by atoms with Crippen molar-refractivity contribution in [3.63, 3.8) is 0 Å². The van der Waals surface area contributed by atoms with Crippen LogP contribution in [0.15, 0.2) is 29.3 Å². The van der Waals surface area contributed by atoms with Crippen LogP contribution < -0.4 is 0 Å². The van der Waals surface area contributed by atoms with Gasteiger partial charge in [0.1, 0.15) is 0 Å². The largest absolute Gasteiger partial charge is 0.192 e. The molecule has 53 valence electrons. The third-order valence-electron chi connectivity index (χ3n) is 1.23. The van der Waals surface area contributed by atoms with Gasteiger partial charge in [0, 0.05) is 4.47 Å². The van der Waals surface area contributed by atoms with Crippen molar-refractivity contribution in [2.24, 2.45) is 0 Å². The standard InChI is InChI=1S/C9H5BrN/c1-2-7-3-8(6-11)5-9(10)4-7/h3-5H,1H2. The molecule has 0 spiro atoms. The predicted octanol–water partition coefficient (Wildman–Crippen LogP) is 2.66. The van der Waals surface area contributed by atoms with Gasteiger partial charge in [-0.2, -0.15) is 5.26 Å². The van der Waals surface area contributed by atoms with E-state index >= 15 is 0 Å². The molecule has 0 fully saturated rings. The Morgan fingerprint density at radius 1 is 1.27 bits per heavy atom. The molecule has 1 aromatic carbocycles. The van der Waals surface area contributed by atoms with Gasteiger partial charge in [0.25, 0.3) is 0 Å². The first-order chi connectivity index (χ1) is 5.26. The number of nitriles is 1. The van der Waals surface area contributed by atoms with Gasteiger partial charge in [0.2, 0.25) is 0 Å². The van der Waals surface area contributed by atoms with Crippen LogP contribution in [0.25, 0.3) is 0 Å². The fraction of sp³-hybridized carbons (Fsp3) is 0. The second-order valence-electron chi connectivity index (χ2n) is 2.02. The molecule has 0 amide bonds. The van der Waals surface area contributed by atoms with Crippen molar-refractivity contribution in [1.29, 1.82) is 5.26 Å². The summed E-state index contributed by atoms with van der Waals surface area (Å²) in [7, 11) is 0. The van der Waals surface area contributed by atoms with Crippen molar-refractivity contribution in [1.82, 2.24) is 0 Å². The van der Waals surface area contributed by atoms with Crippen LogP contribution >= 0.6 is 15.9 Å². The highest BCUT2D eigenvalue weighted by atomic mass is 79.9. The van der Waals surface area contributed by atoms with Crippen LogP contribution in [0.4, 0.5) is 0 Å². The fourth-order valence-electron chi connectivity index (χ4n) is 0.756. The number of hydrogen-bond donors (Lipinski definition) is 0. The van der Waals surface area contributed by atoms with Gasteiger partial charge < -0.3 is 0 Å². The molecule has 1 nitrogen and oxygen atoms in total. The summed E-state index contributed by atoms with van der Waals surface area (Å²) in [5.41, 5.74) is 1.45. The average Bonchev–Trinajstić information content (AvgIpc) is 2.03. The molecule has 0 heterocycles. The van der Waals surface area contributed by atoms with Gasteiger partial charge in [-0.1, -0.05) is 22.5 Å². The molecule has 0 aromatic heterocycles. The number of halogens is 1. The first-order valence-corrected chi connectivity index (χ1v) is 3.79. The first kappa shape index (κ1) is 8.03. The van der Waals surface area contributed by atoms with E-state index < -0.39 is 0 Å². The van der Waals surface area contributed by atoms with E-state index in [1.165, 1.54) is 0 Å². The van der Waals surface area contributed by atoms with E-state index in [1.807, 2.05) is 12.1 Å². The zero-order chi connectivity index (χ0) is 8.27. The summed E-state index contributed by atoms with van der Waals surface area (Å²) in [5, 5.41) is 8.56. The maximum absolute atomic E-state index is 8.56. The molecular formula is C9H5BrN. The average molecular weight is 207 g/mol. The topological polar surface area (TPSA) is 23.8 Å². The molecule has 0 unspecified atom stereocenters. The number of benzene rings is 1. The lowest BCUT2D eigenvalue weighted by Gasteiger charge is -1.94. The van der Waals surface area contributed by atoms with Gasteiger partial charge in [0.15, 0.2) is 0 Å². The second kappa shape index (κ2) is 3.36. The lowest BCUT2D eigenvalue weighted by molar-refractivity contribution is 1.45. The third kappa shape index (κ3) is 1.92. The normalized spacial score (nSPS) is 8.73. The van der Waals surface area contributed by atoms with Crippen molar-refractivity contribution < 1.29 is 0 Å². The van der Waals surface area contributed by atoms with Gasteiger partial charge in [-0.25, -0.2) is 0 Å². The quantitative estimate of drug-likeness (QED) is 0.694. The molecule has 0 aliphatic rings. The molecule has 11 heavy (non-hydrogen) atoms. The Labute approximate surface area is 74.1 Å². The smallest absolute Gasteiger partial charge is 0.0992 e. The minimum atomic E-state index is 0.616. The Balaban J connectivity index is 3.25. The summed E-state index contributed by atoms with van der Waals surface area (Å²) in [6, 6.07) is 7.38. The van der Waals surface area contributed by atoms with Gasteiger partial charge in [-0.3, -0.25) is 0 Å². The van der Waals surface area contributed by atoms with Gasteiger partial charge in [-0.05, 0) is 29.8 Å². The van der Waals surface area contributed by atoms with Crippen LogP contribution in [0.2, 0.25) is 0 Å². The number of rotatable bonds is 1. The van der Waals surface area contributed by atoms with Crippen molar-refractivity contribution in [2.75, 3.05) is 0 Å². The van der Waals surface area contributed by atoms with Crippen LogP contribution in [0.3, 0.4) is 0 Å². The predicted molar refractivity (Wildman–Crippen MR) is 46.8 cm³/mol. The molecule has 0 saturated carbocycles. The van der Waals surface area contributed by atoms with Crippen LogP contribution in [0.1, 0.15) is 11.1 Å². The molecule has 1 rings (SSSR count). The summed E-state index contributed by atoms with van der Waals surface area (Å²) in [5.74, 6) is 0. The lowest BCUT2D eigenvalue weighted by Crippen LogP contribution is -1.78. The van der Waals surface area contributed by atoms with Crippen LogP contribution in [0.5, 0.6) is 0 Å². The summed E-state index contributed by atoms with van der Waals surface area (Å²) in [4.78, 5) is 0. The van der Waals surface area contributed by atoms with Crippen LogP contribution in [0, 0.1) is 17.4 Å². The molecule has 0 aliphatic carbocycles. The van der Waals surface area contributed by atoms with Crippen molar-refractivity contribution in [3.8, 4) is 6.07 Å². The van der Waals surface area contributed by atoms with E-state index in [-0.39, 0.29) is 0 Å². The van der Waals surface area contributed by atoms with Crippen LogP contribution in [-0.2, 0) is 0 Å². The van der Waals surface area contributed by atoms with Crippen LogP contribution in [-0.4, -0.2) is 0 Å². The lowest BCUT2D eigenvalue weighted by atomic mass is 10.1. The van der Waals surface area contributed by atoms with E-state index in [2.05, 4.69) is 28.6 Å². The van der Waals surface area contributed by atoms with Gasteiger partial charge in [-0.15, -0.1) is 0 Å². The summed E-state index contributed by atoms with van der Waals surface area (Å²) in [6.45, 7) is 3.49. The number of nitrogens with zero attached hydrogens (tertiary/aromatic N) is 1. The molecular weight excluding hydrogens is 202 g/mol. The molecule has 0 bridgehead atoms. The van der Waals surface area contributed by atoms with E-state index in [0.717, 1.165) is 10.0 Å². The fourth-order valence-corrected chi connectivity index (χ4v) is 1.25. The summed E-state index contributed by atoms with van der Waals surface area (Å²) < 4.78 is 0.878. The summed E-state index contributed by atoms with van der Waals surface area (Å²) >= 11 is 3.28. The minimum Gasteiger partial charge on any atom is -0.192 e. The van der Waals surface area contributed by atoms with Gasteiger partial charge >= 0.3 is 0 Å². The Bertz CT molecular complexity index is 323. The molecule has 1 radical (unpaired) electrons.